The molecule has 0 aliphatic rings. The molecule has 0 aliphatic heterocycles. The smallest absolute Gasteiger partial charge is 0.136 e. The van der Waals surface area contributed by atoms with Crippen molar-refractivity contribution in [3.8, 4) is 33.4 Å². The topological polar surface area (TPSA) is 16.4 Å². The summed E-state index contributed by atoms with van der Waals surface area (Å²) in [6.07, 6.45) is 0. The van der Waals surface area contributed by atoms with Gasteiger partial charge in [0.2, 0.25) is 0 Å². The lowest BCUT2D eigenvalue weighted by Crippen LogP contribution is -2.11. The minimum atomic E-state index is -0.749. The number of nitrogens with zero attached hydrogens (tertiary/aromatic N) is 1. The zero-order valence-electron chi connectivity index (χ0n) is 45.0. The van der Waals surface area contributed by atoms with Crippen LogP contribution in [0.2, 0.25) is 0 Å². The van der Waals surface area contributed by atoms with Crippen LogP contribution in [0, 0.1) is 0 Å². The summed E-state index contributed by atoms with van der Waals surface area (Å²) in [6, 6.07) is 15.8. The molecule has 244 valence electrons. The van der Waals surface area contributed by atoms with Gasteiger partial charge in [-0.05, 0) is 104 Å². The van der Waals surface area contributed by atoms with Crippen molar-refractivity contribution in [3.05, 3.63) is 200 Å². The Hall–Kier alpha value is -6.90. The van der Waals surface area contributed by atoms with E-state index in [1.54, 1.807) is 30.3 Å². The Labute approximate surface area is 327 Å². The molecule has 2 nitrogen and oxygen atoms in total. The highest BCUT2D eigenvalue weighted by atomic mass is 16.3. The molecular weight excluding hydrogens is 631 g/mol. The van der Waals surface area contributed by atoms with E-state index in [0.717, 1.165) is 16.3 Å². The van der Waals surface area contributed by atoms with Gasteiger partial charge in [-0.15, -0.1) is 0 Å². The van der Waals surface area contributed by atoms with Crippen LogP contribution in [-0.4, -0.2) is 0 Å². The van der Waals surface area contributed by atoms with Crippen molar-refractivity contribution in [1.29, 1.82) is 0 Å². The molecule has 0 radical (unpaired) electrons. The van der Waals surface area contributed by atoms with Crippen LogP contribution >= 0.6 is 0 Å². The quantitative estimate of drug-likeness (QED) is 0.174. The lowest BCUT2D eigenvalue weighted by molar-refractivity contribution is 0.669. The molecule has 1 heterocycles. The highest BCUT2D eigenvalue weighted by molar-refractivity contribution is 6.19. The monoisotopic (exact) mass is 681 g/mol. The van der Waals surface area contributed by atoms with Crippen LogP contribution in [0.5, 0.6) is 0 Å². The number of rotatable bonds is 6. The first-order valence-electron chi connectivity index (χ1n) is 25.3. The van der Waals surface area contributed by atoms with E-state index in [1.807, 2.05) is 48.5 Å². The van der Waals surface area contributed by atoms with Crippen molar-refractivity contribution in [2.75, 3.05) is 4.90 Å². The highest BCUT2D eigenvalue weighted by Crippen LogP contribution is 2.43. The fraction of sp³-hybridized carbons (Fsp3) is 0. The zero-order chi connectivity index (χ0) is 50.1. The molecule has 0 saturated carbocycles. The fourth-order valence-corrected chi connectivity index (χ4v) is 6.45. The third-order valence-electron chi connectivity index (χ3n) is 8.90. The summed E-state index contributed by atoms with van der Waals surface area (Å²) in [5.74, 6) is 0. The zero-order valence-corrected chi connectivity index (χ0v) is 27.0. The van der Waals surface area contributed by atoms with Gasteiger partial charge < -0.3 is 9.32 Å². The summed E-state index contributed by atoms with van der Waals surface area (Å²) in [4.78, 5) is 1.50. The van der Waals surface area contributed by atoms with Crippen LogP contribution < -0.4 is 4.90 Å². The normalized spacial score (nSPS) is 16.3. The Kier molecular flexibility index (Phi) is 4.04. The van der Waals surface area contributed by atoms with Crippen molar-refractivity contribution in [1.82, 2.24) is 0 Å². The molecule has 0 bridgehead atoms. The summed E-state index contributed by atoms with van der Waals surface area (Å²) >= 11 is 0. The number of para-hydroxylation sites is 2. The van der Waals surface area contributed by atoms with Crippen molar-refractivity contribution in [3.63, 3.8) is 0 Å². The van der Waals surface area contributed by atoms with E-state index < -0.39 is 125 Å². The minimum absolute atomic E-state index is 0.0599. The first-order chi connectivity index (χ1) is 33.3. The van der Waals surface area contributed by atoms with Gasteiger partial charge in [-0.2, -0.15) is 0 Å². The van der Waals surface area contributed by atoms with E-state index >= 15 is 0 Å². The number of hydrogen-bond acceptors (Lipinski definition) is 2. The molecule has 52 heavy (non-hydrogen) atoms. The molecule has 0 N–H and O–H groups in total. The molecule has 0 aliphatic carbocycles. The first kappa shape index (κ1) is 16.9. The molecule has 0 saturated heterocycles. The Bertz CT molecular complexity index is 3890. The first-order valence-corrected chi connectivity index (χ1v) is 16.3. The molecule has 0 spiro atoms. The number of furan rings is 1. The van der Waals surface area contributed by atoms with Crippen molar-refractivity contribution < 1.29 is 29.1 Å². The van der Waals surface area contributed by atoms with Crippen LogP contribution in [-0.2, 0) is 0 Å². The SMILES string of the molecule is [2H]c1c([2H])c([2H])c(-c2ccc(N(c3ccccc3-c3ccc4ccccc4c3)c3c([2H])c([2H])c(-c4c([2H])c([2H])c5c(c4[2H])c([2H])c([2H])c4oc6c([2H])c([2H])c([2H])c([2H])c6c45)c([2H])c3[2H])cc2)c([2H])c1[2H]. The summed E-state index contributed by atoms with van der Waals surface area (Å²) in [7, 11) is 0. The van der Waals surface area contributed by atoms with E-state index in [9.17, 15) is 9.60 Å². The lowest BCUT2D eigenvalue weighted by atomic mass is 9.97. The van der Waals surface area contributed by atoms with Gasteiger partial charge in [-0.1, -0.05) is 145 Å². The molecule has 0 atom stereocenters. The summed E-state index contributed by atoms with van der Waals surface area (Å²) in [5.41, 5.74) is 0.116. The second kappa shape index (κ2) is 12.5. The molecule has 2 heteroatoms. The van der Waals surface area contributed by atoms with Crippen molar-refractivity contribution in [2.24, 2.45) is 0 Å². The number of hydrogen-bond donors (Lipinski definition) is 0. The Balaban J connectivity index is 1.24. The fourth-order valence-electron chi connectivity index (χ4n) is 6.45. The molecular formula is C50H33NO. The number of benzene rings is 9. The van der Waals surface area contributed by atoms with Crippen LogP contribution in [0.25, 0.3) is 76.9 Å². The van der Waals surface area contributed by atoms with Crippen LogP contribution in [0.1, 0.15) is 24.7 Å². The predicted octanol–water partition coefficient (Wildman–Crippen LogP) is 14.4. The maximum Gasteiger partial charge on any atom is 0.136 e. The minimum Gasteiger partial charge on any atom is -0.456 e. The van der Waals surface area contributed by atoms with E-state index in [-0.39, 0.29) is 49.8 Å². The predicted molar refractivity (Wildman–Crippen MR) is 220 cm³/mol. The van der Waals surface area contributed by atoms with E-state index in [1.165, 1.54) is 17.0 Å². The summed E-state index contributed by atoms with van der Waals surface area (Å²) in [6.45, 7) is 0. The van der Waals surface area contributed by atoms with Crippen molar-refractivity contribution in [2.45, 2.75) is 0 Å². The van der Waals surface area contributed by atoms with Gasteiger partial charge in [0.25, 0.3) is 0 Å². The lowest BCUT2D eigenvalue weighted by Gasteiger charge is -2.28. The number of anilines is 3. The summed E-state index contributed by atoms with van der Waals surface area (Å²) in [5, 5.41) is 0.767. The van der Waals surface area contributed by atoms with Crippen molar-refractivity contribution >= 4 is 60.5 Å². The van der Waals surface area contributed by atoms with Gasteiger partial charge in [-0.25, -0.2) is 0 Å². The molecule has 0 fully saturated rings. The maximum absolute atomic E-state index is 9.67. The summed E-state index contributed by atoms with van der Waals surface area (Å²) < 4.78 is 166. The van der Waals surface area contributed by atoms with Gasteiger partial charge in [0.15, 0.2) is 0 Å². The average Bonchev–Trinajstić information content (AvgIpc) is 3.77. The second-order valence-electron chi connectivity index (χ2n) is 11.9. The van der Waals surface area contributed by atoms with Gasteiger partial charge in [0.1, 0.15) is 11.2 Å². The van der Waals surface area contributed by atoms with Gasteiger partial charge >= 0.3 is 0 Å². The van der Waals surface area contributed by atoms with E-state index in [0.29, 0.717) is 11.3 Å². The molecule has 1 aromatic heterocycles. The maximum atomic E-state index is 9.67. The molecule has 0 amide bonds. The third-order valence-corrected chi connectivity index (χ3v) is 8.90. The van der Waals surface area contributed by atoms with Crippen LogP contribution in [0.15, 0.2) is 204 Å². The Morgan fingerprint density at radius 1 is 0.423 bits per heavy atom. The van der Waals surface area contributed by atoms with Gasteiger partial charge in [-0.3, -0.25) is 0 Å². The van der Waals surface area contributed by atoms with E-state index in [4.69, 9.17) is 19.5 Å². The molecule has 9 aromatic carbocycles. The molecule has 0 unspecified atom stereocenters. The van der Waals surface area contributed by atoms with Crippen LogP contribution in [0.3, 0.4) is 0 Å². The highest BCUT2D eigenvalue weighted by Gasteiger charge is 2.18. The largest absolute Gasteiger partial charge is 0.456 e. The van der Waals surface area contributed by atoms with Gasteiger partial charge in [0.05, 0.1) is 30.4 Å². The van der Waals surface area contributed by atoms with Crippen LogP contribution in [0.4, 0.5) is 17.1 Å². The Morgan fingerprint density at radius 2 is 1.13 bits per heavy atom. The Morgan fingerprint density at radius 3 is 2.00 bits per heavy atom. The second-order valence-corrected chi connectivity index (χ2v) is 11.9. The third kappa shape index (κ3) is 5.21. The average molecular weight is 682 g/mol. The molecule has 10 aromatic rings. The van der Waals surface area contributed by atoms with Gasteiger partial charge in [0, 0.05) is 27.7 Å². The standard InChI is InChI=1S/C50H33NO/c1-2-10-34(11-3-1)36-20-26-42(27-21-36)51(47-16-8-6-14-44(47)40-19-18-35-12-4-5-13-38(35)32-40)43-28-22-37(23-29-43)39-24-30-45-41(33-39)25-31-49-50(45)46-15-7-9-17-48(46)52-49/h1-33H/i1D,2D,3D,7D,9D,10D,11D,15D,17D,22D,23D,24D,25D,28D,29D,30D,31D,33D. The van der Waals surface area contributed by atoms with E-state index in [2.05, 4.69) is 0 Å². The molecule has 10 rings (SSSR count). The number of fused-ring (bicyclic) bond motifs is 6.